The monoisotopic (exact) mass is 611 g/mol. The zero-order valence-corrected chi connectivity index (χ0v) is 24.2. The molecule has 2 N–H and O–H groups in total. The number of amides is 4. The fourth-order valence-corrected chi connectivity index (χ4v) is 5.10. The fraction of sp³-hybridized carbons (Fsp3) is 0.138. The third-order valence-electron chi connectivity index (χ3n) is 5.91. The normalized spacial score (nSPS) is 13.9. The highest BCUT2D eigenvalue weighted by Gasteiger charge is 2.35. The number of benzene rings is 3. The van der Waals surface area contributed by atoms with Crippen molar-refractivity contribution in [1.29, 1.82) is 0 Å². The van der Waals surface area contributed by atoms with Crippen molar-refractivity contribution >= 4 is 81.3 Å². The molecule has 0 saturated carbocycles. The van der Waals surface area contributed by atoms with Gasteiger partial charge >= 0.3 is 5.97 Å². The largest absolute Gasteiger partial charge is 0.465 e. The van der Waals surface area contributed by atoms with Crippen LogP contribution in [-0.4, -0.2) is 47.5 Å². The Bertz CT molecular complexity index is 1610. The third kappa shape index (κ3) is 7.35. The number of anilines is 2. The fourth-order valence-electron chi connectivity index (χ4n) is 3.89. The highest BCUT2D eigenvalue weighted by Crippen LogP contribution is 2.32. The van der Waals surface area contributed by atoms with Gasteiger partial charge in [-0.25, -0.2) is 4.79 Å². The first kappa shape index (κ1) is 29.9. The molecule has 1 aliphatic heterocycles. The molecule has 9 nitrogen and oxygen atoms in total. The van der Waals surface area contributed by atoms with Gasteiger partial charge in [0.1, 0.15) is 0 Å². The van der Waals surface area contributed by atoms with Gasteiger partial charge in [-0.05, 0) is 66.7 Å². The van der Waals surface area contributed by atoms with E-state index in [0.717, 1.165) is 27.8 Å². The summed E-state index contributed by atoms with van der Waals surface area (Å²) in [5.41, 5.74) is 2.20. The van der Waals surface area contributed by atoms with Gasteiger partial charge in [0.15, 0.2) is 0 Å². The Morgan fingerprint density at radius 3 is 2.49 bits per heavy atom. The topological polar surface area (TPSA) is 122 Å². The molecule has 210 valence electrons. The summed E-state index contributed by atoms with van der Waals surface area (Å²) in [6.45, 7) is 1.74. The summed E-state index contributed by atoms with van der Waals surface area (Å²) in [5, 5.41) is 5.35. The minimum absolute atomic E-state index is 0.00504. The van der Waals surface area contributed by atoms with Crippen molar-refractivity contribution in [3.8, 4) is 0 Å². The number of ether oxygens (including phenoxy) is 1. The van der Waals surface area contributed by atoms with Gasteiger partial charge in [0.05, 0.1) is 34.0 Å². The summed E-state index contributed by atoms with van der Waals surface area (Å²) >= 11 is 12.9. The number of rotatable bonds is 8. The van der Waals surface area contributed by atoms with Crippen molar-refractivity contribution in [2.45, 2.75) is 13.3 Å². The van der Waals surface area contributed by atoms with Crippen LogP contribution in [0.2, 0.25) is 10.0 Å². The number of methoxy groups -OCH3 is 1. The van der Waals surface area contributed by atoms with E-state index in [-0.39, 0.29) is 45.4 Å². The van der Waals surface area contributed by atoms with E-state index >= 15 is 0 Å². The highest BCUT2D eigenvalue weighted by atomic mass is 35.5. The number of hydrogen-bond acceptors (Lipinski definition) is 7. The van der Waals surface area contributed by atoms with Gasteiger partial charge in [0.25, 0.3) is 17.1 Å². The van der Waals surface area contributed by atoms with E-state index in [1.54, 1.807) is 12.1 Å². The minimum atomic E-state index is -0.739. The van der Waals surface area contributed by atoms with Gasteiger partial charge < -0.3 is 15.4 Å². The maximum atomic E-state index is 12.9. The molecule has 1 saturated heterocycles. The second kappa shape index (κ2) is 13.0. The molecular formula is C29H23Cl2N3O6S. The number of aryl methyl sites for hydroxylation is 1. The molecule has 0 spiro atoms. The molecule has 4 amide bonds. The van der Waals surface area contributed by atoms with Gasteiger partial charge in [-0.2, -0.15) is 0 Å². The van der Waals surface area contributed by atoms with Crippen LogP contribution in [0.4, 0.5) is 16.2 Å². The number of carbonyl (C=O) groups excluding carboxylic acids is 5. The average molecular weight is 612 g/mol. The van der Waals surface area contributed by atoms with E-state index in [1.165, 1.54) is 37.4 Å². The molecule has 0 radical (unpaired) electrons. The van der Waals surface area contributed by atoms with Crippen LogP contribution in [0.15, 0.2) is 65.6 Å². The Balaban J connectivity index is 1.46. The number of thioether (sulfide) groups is 1. The zero-order chi connectivity index (χ0) is 29.7. The van der Waals surface area contributed by atoms with Crippen molar-refractivity contribution in [3.05, 3.63) is 97.9 Å². The van der Waals surface area contributed by atoms with Crippen LogP contribution in [0.5, 0.6) is 0 Å². The smallest absolute Gasteiger partial charge is 0.339 e. The molecule has 0 aromatic heterocycles. The molecule has 1 heterocycles. The molecule has 12 heteroatoms. The Kier molecular flexibility index (Phi) is 9.49. The van der Waals surface area contributed by atoms with E-state index in [1.807, 2.05) is 31.2 Å². The van der Waals surface area contributed by atoms with Crippen molar-refractivity contribution in [1.82, 2.24) is 4.90 Å². The summed E-state index contributed by atoms with van der Waals surface area (Å²) in [7, 11) is 1.18. The van der Waals surface area contributed by atoms with E-state index in [2.05, 4.69) is 10.6 Å². The molecule has 0 unspecified atom stereocenters. The maximum absolute atomic E-state index is 12.9. The Morgan fingerprint density at radius 1 is 0.976 bits per heavy atom. The van der Waals surface area contributed by atoms with Gasteiger partial charge in [0, 0.05) is 23.6 Å². The highest BCUT2D eigenvalue weighted by molar-refractivity contribution is 8.18. The number of carbonyl (C=O) groups is 5. The molecule has 3 aromatic rings. The number of hydrogen-bond donors (Lipinski definition) is 2. The van der Waals surface area contributed by atoms with Gasteiger partial charge in [-0.3, -0.25) is 24.1 Å². The van der Waals surface area contributed by atoms with Crippen LogP contribution >= 0.6 is 35.0 Å². The van der Waals surface area contributed by atoms with Crippen LogP contribution in [0.25, 0.3) is 6.08 Å². The summed E-state index contributed by atoms with van der Waals surface area (Å²) in [6, 6.07) is 16.1. The molecule has 1 aliphatic rings. The first-order valence-corrected chi connectivity index (χ1v) is 13.7. The van der Waals surface area contributed by atoms with Crippen molar-refractivity contribution in [2.24, 2.45) is 0 Å². The number of nitrogens with zero attached hydrogens (tertiary/aromatic N) is 1. The Labute approximate surface area is 249 Å². The molecule has 1 fully saturated rings. The zero-order valence-electron chi connectivity index (χ0n) is 21.8. The van der Waals surface area contributed by atoms with E-state index in [4.69, 9.17) is 27.9 Å². The average Bonchev–Trinajstić information content (AvgIpc) is 3.20. The molecule has 0 bridgehead atoms. The number of halogens is 2. The second-order valence-electron chi connectivity index (χ2n) is 8.88. The van der Waals surface area contributed by atoms with Crippen molar-refractivity contribution in [2.75, 3.05) is 24.3 Å². The summed E-state index contributed by atoms with van der Waals surface area (Å²) in [6.07, 6.45) is 1.39. The Hall–Kier alpha value is -4.12. The number of imide groups is 1. The number of esters is 1. The second-order valence-corrected chi connectivity index (χ2v) is 10.7. The maximum Gasteiger partial charge on any atom is 0.339 e. The summed E-state index contributed by atoms with van der Waals surface area (Å²) in [4.78, 5) is 64.6. The van der Waals surface area contributed by atoms with Crippen LogP contribution in [0, 0.1) is 6.92 Å². The molecule has 0 atom stereocenters. The van der Waals surface area contributed by atoms with E-state index in [9.17, 15) is 24.0 Å². The predicted molar refractivity (Wildman–Crippen MR) is 159 cm³/mol. The lowest BCUT2D eigenvalue weighted by Crippen LogP contribution is -2.31. The van der Waals surface area contributed by atoms with Crippen molar-refractivity contribution < 1.29 is 28.7 Å². The van der Waals surface area contributed by atoms with Crippen LogP contribution < -0.4 is 10.6 Å². The third-order valence-corrected chi connectivity index (χ3v) is 7.39. The molecule has 3 aromatic carbocycles. The standard InChI is InChI=1S/C29H23Cl2N3O6S/c1-16-4-3-5-17(12-16)13-24-27(37)34(29(39)41-24)11-10-25(35)32-22-14-18(6-8-20(22)28(38)40-2)26(36)33-23-15-19(30)7-9-21(23)31/h3-9,12-15H,10-11H2,1-2H3,(H,32,35)(H,33,36). The molecular weight excluding hydrogens is 589 g/mol. The lowest BCUT2D eigenvalue weighted by molar-refractivity contribution is -0.123. The quantitative estimate of drug-likeness (QED) is 0.223. The van der Waals surface area contributed by atoms with Gasteiger partial charge in [-0.1, -0.05) is 53.0 Å². The van der Waals surface area contributed by atoms with Crippen molar-refractivity contribution in [3.63, 3.8) is 0 Å². The molecule has 0 aliphatic carbocycles. The van der Waals surface area contributed by atoms with Crippen LogP contribution in [-0.2, 0) is 14.3 Å². The lowest BCUT2D eigenvalue weighted by Gasteiger charge is -2.15. The molecule has 41 heavy (non-hydrogen) atoms. The first-order valence-electron chi connectivity index (χ1n) is 12.2. The van der Waals surface area contributed by atoms with Crippen LogP contribution in [0.1, 0.15) is 38.3 Å². The van der Waals surface area contributed by atoms with Gasteiger partial charge in [0.2, 0.25) is 5.91 Å². The summed E-state index contributed by atoms with van der Waals surface area (Å²) in [5.74, 6) is -2.40. The minimum Gasteiger partial charge on any atom is -0.465 e. The Morgan fingerprint density at radius 2 is 1.76 bits per heavy atom. The first-order chi connectivity index (χ1) is 19.5. The summed E-state index contributed by atoms with van der Waals surface area (Å²) < 4.78 is 4.79. The molecule has 4 rings (SSSR count). The lowest BCUT2D eigenvalue weighted by atomic mass is 10.1. The van der Waals surface area contributed by atoms with Crippen LogP contribution in [0.3, 0.4) is 0 Å². The van der Waals surface area contributed by atoms with E-state index in [0.29, 0.717) is 5.02 Å². The van der Waals surface area contributed by atoms with E-state index < -0.39 is 28.9 Å². The number of nitrogens with one attached hydrogen (secondary N) is 2. The van der Waals surface area contributed by atoms with Gasteiger partial charge in [-0.15, -0.1) is 0 Å². The SMILES string of the molecule is COC(=O)c1ccc(C(=O)Nc2cc(Cl)ccc2Cl)cc1NC(=O)CCN1C(=O)SC(=Cc2cccc(C)c2)C1=O. The predicted octanol–water partition coefficient (Wildman–Crippen LogP) is 6.41.